The van der Waals surface area contributed by atoms with Gasteiger partial charge in [-0.2, -0.15) is 0 Å². The van der Waals surface area contributed by atoms with E-state index in [1.165, 1.54) is 5.56 Å². The van der Waals surface area contributed by atoms with Crippen LogP contribution in [0, 0.1) is 13.8 Å². The van der Waals surface area contributed by atoms with Gasteiger partial charge in [0.1, 0.15) is 5.75 Å². The molecule has 0 aliphatic carbocycles. The first kappa shape index (κ1) is 17.6. The number of nitrogens with zero attached hydrogens (tertiary/aromatic N) is 4. The molecule has 3 aromatic rings. The average Bonchev–Trinajstić information content (AvgIpc) is 3.05. The second-order valence-corrected chi connectivity index (χ2v) is 6.05. The summed E-state index contributed by atoms with van der Waals surface area (Å²) < 4.78 is 7.32. The van der Waals surface area contributed by atoms with Gasteiger partial charge in [-0.05, 0) is 53.6 Å². The van der Waals surface area contributed by atoms with Crippen molar-refractivity contribution in [1.29, 1.82) is 0 Å². The number of aromatic nitrogens is 4. The maximum Gasteiger partial charge on any atom is 0.227 e. The van der Waals surface area contributed by atoms with E-state index in [4.69, 9.17) is 4.74 Å². The average molecular weight is 351 g/mol. The topological polar surface area (TPSA) is 81.9 Å². The summed E-state index contributed by atoms with van der Waals surface area (Å²) in [7, 11) is 1.77. The normalized spacial score (nSPS) is 10.6. The first-order chi connectivity index (χ1) is 12.5. The molecule has 0 aliphatic heterocycles. The van der Waals surface area contributed by atoms with Gasteiger partial charge in [0.05, 0.1) is 13.0 Å². The summed E-state index contributed by atoms with van der Waals surface area (Å²) in [5.41, 5.74) is 3.80. The highest BCUT2D eigenvalue weighted by molar-refractivity contribution is 5.91. The lowest BCUT2D eigenvalue weighted by molar-refractivity contribution is -0.116. The summed E-state index contributed by atoms with van der Waals surface area (Å²) in [5, 5.41) is 14.3. The highest BCUT2D eigenvalue weighted by atomic mass is 16.5. The van der Waals surface area contributed by atoms with Crippen LogP contribution in [0.3, 0.4) is 0 Å². The van der Waals surface area contributed by atoms with Crippen molar-refractivity contribution in [3.05, 3.63) is 53.6 Å². The highest BCUT2D eigenvalue weighted by Gasteiger charge is 2.09. The van der Waals surface area contributed by atoms with Crippen molar-refractivity contribution >= 4 is 11.6 Å². The SMILES string of the molecule is Cc1cccc(OCCC(=O)Nc2cccc(-c3nnnn3C)c2)c1C. The van der Waals surface area contributed by atoms with E-state index < -0.39 is 0 Å². The summed E-state index contributed by atoms with van der Waals surface area (Å²) in [6, 6.07) is 13.3. The second-order valence-electron chi connectivity index (χ2n) is 6.05. The Balaban J connectivity index is 1.57. The Morgan fingerprint density at radius 3 is 2.77 bits per heavy atom. The Kier molecular flexibility index (Phi) is 5.26. The molecule has 0 radical (unpaired) electrons. The number of hydrogen-bond acceptors (Lipinski definition) is 5. The number of nitrogens with one attached hydrogen (secondary N) is 1. The number of carbonyl (C=O) groups is 1. The largest absolute Gasteiger partial charge is 0.493 e. The van der Waals surface area contributed by atoms with Crippen molar-refractivity contribution in [1.82, 2.24) is 20.2 Å². The van der Waals surface area contributed by atoms with Crippen LogP contribution in [0.15, 0.2) is 42.5 Å². The Morgan fingerprint density at radius 2 is 2.00 bits per heavy atom. The number of rotatable bonds is 6. The molecule has 1 heterocycles. The van der Waals surface area contributed by atoms with Crippen LogP contribution in [-0.2, 0) is 11.8 Å². The third-order valence-electron chi connectivity index (χ3n) is 4.17. The molecule has 134 valence electrons. The molecule has 26 heavy (non-hydrogen) atoms. The summed E-state index contributed by atoms with van der Waals surface area (Å²) >= 11 is 0. The van der Waals surface area contributed by atoms with Gasteiger partial charge in [0.25, 0.3) is 0 Å². The number of carbonyl (C=O) groups excluding carboxylic acids is 1. The van der Waals surface area contributed by atoms with E-state index in [1.54, 1.807) is 11.7 Å². The molecule has 0 bridgehead atoms. The molecule has 3 rings (SSSR count). The van der Waals surface area contributed by atoms with E-state index in [-0.39, 0.29) is 12.3 Å². The molecule has 0 saturated heterocycles. The molecule has 0 fully saturated rings. The van der Waals surface area contributed by atoms with Gasteiger partial charge in [-0.3, -0.25) is 4.79 Å². The Labute approximate surface area is 152 Å². The zero-order chi connectivity index (χ0) is 18.5. The van der Waals surface area contributed by atoms with E-state index >= 15 is 0 Å². The monoisotopic (exact) mass is 351 g/mol. The van der Waals surface area contributed by atoms with E-state index in [2.05, 4.69) is 20.8 Å². The third-order valence-corrected chi connectivity index (χ3v) is 4.17. The zero-order valence-electron chi connectivity index (χ0n) is 15.1. The van der Waals surface area contributed by atoms with Gasteiger partial charge in [0.15, 0.2) is 5.82 Å². The van der Waals surface area contributed by atoms with Crippen molar-refractivity contribution < 1.29 is 9.53 Å². The van der Waals surface area contributed by atoms with Gasteiger partial charge < -0.3 is 10.1 Å². The molecule has 1 N–H and O–H groups in total. The smallest absolute Gasteiger partial charge is 0.227 e. The minimum Gasteiger partial charge on any atom is -0.493 e. The van der Waals surface area contributed by atoms with Crippen LogP contribution in [0.2, 0.25) is 0 Å². The Bertz CT molecular complexity index is 920. The fraction of sp³-hybridized carbons (Fsp3) is 0.263. The van der Waals surface area contributed by atoms with Crippen molar-refractivity contribution in [2.45, 2.75) is 20.3 Å². The Morgan fingerprint density at radius 1 is 1.19 bits per heavy atom. The predicted molar refractivity (Wildman–Crippen MR) is 98.9 cm³/mol. The van der Waals surface area contributed by atoms with Gasteiger partial charge in [0.2, 0.25) is 5.91 Å². The first-order valence-electron chi connectivity index (χ1n) is 8.36. The van der Waals surface area contributed by atoms with Gasteiger partial charge in [-0.15, -0.1) is 5.10 Å². The molecule has 7 nitrogen and oxygen atoms in total. The molecule has 0 saturated carbocycles. The van der Waals surface area contributed by atoms with Crippen LogP contribution >= 0.6 is 0 Å². The standard InChI is InChI=1S/C19H21N5O2/c1-13-6-4-9-17(14(13)2)26-11-10-18(25)20-16-8-5-7-15(12-16)19-21-22-23-24(19)3/h4-9,12H,10-11H2,1-3H3,(H,20,25). The molecule has 1 amide bonds. The third kappa shape index (κ3) is 4.05. The van der Waals surface area contributed by atoms with Crippen LogP contribution < -0.4 is 10.1 Å². The maximum absolute atomic E-state index is 12.2. The van der Waals surface area contributed by atoms with Crippen molar-refractivity contribution in [2.24, 2.45) is 7.05 Å². The number of hydrogen-bond donors (Lipinski definition) is 1. The number of aryl methyl sites for hydroxylation is 2. The Hall–Kier alpha value is -3.22. The fourth-order valence-corrected chi connectivity index (χ4v) is 2.57. The predicted octanol–water partition coefficient (Wildman–Crippen LogP) is 2.90. The number of tetrazole rings is 1. The molecular formula is C19H21N5O2. The minimum absolute atomic E-state index is 0.108. The van der Waals surface area contributed by atoms with Crippen molar-refractivity contribution in [3.8, 4) is 17.1 Å². The number of amides is 1. The molecule has 0 unspecified atom stereocenters. The number of benzene rings is 2. The lowest BCUT2D eigenvalue weighted by Gasteiger charge is -2.11. The van der Waals surface area contributed by atoms with E-state index in [0.717, 1.165) is 16.9 Å². The van der Waals surface area contributed by atoms with Gasteiger partial charge in [0, 0.05) is 18.3 Å². The summed E-state index contributed by atoms with van der Waals surface area (Å²) in [6.07, 6.45) is 0.267. The van der Waals surface area contributed by atoms with Crippen LogP contribution in [0.4, 0.5) is 5.69 Å². The van der Waals surface area contributed by atoms with Gasteiger partial charge in [-0.25, -0.2) is 4.68 Å². The van der Waals surface area contributed by atoms with Crippen LogP contribution in [-0.4, -0.2) is 32.7 Å². The van der Waals surface area contributed by atoms with Gasteiger partial charge in [-0.1, -0.05) is 24.3 Å². The lowest BCUT2D eigenvalue weighted by atomic mass is 10.1. The van der Waals surface area contributed by atoms with E-state index in [9.17, 15) is 4.79 Å². The van der Waals surface area contributed by atoms with Crippen LogP contribution in [0.1, 0.15) is 17.5 Å². The highest BCUT2D eigenvalue weighted by Crippen LogP contribution is 2.21. The first-order valence-corrected chi connectivity index (χ1v) is 8.36. The minimum atomic E-state index is -0.108. The van der Waals surface area contributed by atoms with Crippen molar-refractivity contribution in [2.75, 3.05) is 11.9 Å². The summed E-state index contributed by atoms with van der Waals surface area (Å²) in [5.74, 6) is 1.34. The van der Waals surface area contributed by atoms with Crippen LogP contribution in [0.25, 0.3) is 11.4 Å². The quantitative estimate of drug-likeness (QED) is 0.738. The molecule has 0 aliphatic rings. The molecule has 0 spiro atoms. The van der Waals surface area contributed by atoms with Gasteiger partial charge >= 0.3 is 0 Å². The fourth-order valence-electron chi connectivity index (χ4n) is 2.57. The second kappa shape index (κ2) is 7.77. The number of ether oxygens (including phenoxy) is 1. The zero-order valence-corrected chi connectivity index (χ0v) is 15.1. The lowest BCUT2D eigenvalue weighted by Crippen LogP contribution is -2.15. The molecule has 2 aromatic carbocycles. The molecule has 1 aromatic heterocycles. The van der Waals surface area contributed by atoms with Crippen LogP contribution in [0.5, 0.6) is 5.75 Å². The summed E-state index contributed by atoms with van der Waals surface area (Å²) in [6.45, 7) is 4.37. The maximum atomic E-state index is 12.2. The van der Waals surface area contributed by atoms with E-state index in [0.29, 0.717) is 18.1 Å². The number of anilines is 1. The molecular weight excluding hydrogens is 330 g/mol. The summed E-state index contributed by atoms with van der Waals surface area (Å²) in [4.78, 5) is 12.2. The van der Waals surface area contributed by atoms with E-state index in [1.807, 2.05) is 56.3 Å². The molecule has 0 atom stereocenters. The van der Waals surface area contributed by atoms with Crippen molar-refractivity contribution in [3.63, 3.8) is 0 Å². The molecule has 7 heteroatoms.